The minimum atomic E-state index is -0.463. The van der Waals surface area contributed by atoms with Crippen LogP contribution < -0.4 is 10.6 Å². The van der Waals surface area contributed by atoms with Crippen molar-refractivity contribution in [2.75, 3.05) is 5.32 Å². The molecule has 7 nitrogen and oxygen atoms in total. The van der Waals surface area contributed by atoms with Crippen LogP contribution in [0.1, 0.15) is 32.9 Å². The molecule has 0 aliphatic heterocycles. The van der Waals surface area contributed by atoms with E-state index in [1.165, 1.54) is 23.5 Å². The molecule has 2 aromatic carbocycles. The normalized spacial score (nSPS) is 13.3. The third kappa shape index (κ3) is 3.80. The van der Waals surface area contributed by atoms with Crippen LogP contribution in [0.4, 0.5) is 11.4 Å². The smallest absolute Gasteiger partial charge is 0.270 e. The zero-order valence-electron chi connectivity index (χ0n) is 14.1. The van der Waals surface area contributed by atoms with Gasteiger partial charge in [0.1, 0.15) is 0 Å². The summed E-state index contributed by atoms with van der Waals surface area (Å²) in [6.45, 7) is 0. The first kappa shape index (κ1) is 17.2. The van der Waals surface area contributed by atoms with Gasteiger partial charge in [0.25, 0.3) is 17.5 Å². The summed E-state index contributed by atoms with van der Waals surface area (Å²) >= 11 is 1.26. The van der Waals surface area contributed by atoms with E-state index in [1.54, 1.807) is 36.4 Å². The first-order valence-corrected chi connectivity index (χ1v) is 9.21. The summed E-state index contributed by atoms with van der Waals surface area (Å²) in [5, 5.41) is 17.2. The van der Waals surface area contributed by atoms with Gasteiger partial charge in [-0.2, -0.15) is 0 Å². The SMILES string of the molecule is O=C(NC1CC1)c1cccc(NC(=O)c2cc3cc([N+](=O)[O-])ccc3s2)c1. The lowest BCUT2D eigenvalue weighted by atomic mass is 10.2. The maximum absolute atomic E-state index is 12.5. The molecule has 0 unspecified atom stereocenters. The quantitative estimate of drug-likeness (QED) is 0.516. The van der Waals surface area contributed by atoms with Crippen molar-refractivity contribution >= 4 is 44.6 Å². The van der Waals surface area contributed by atoms with E-state index in [9.17, 15) is 19.7 Å². The van der Waals surface area contributed by atoms with Crippen LogP contribution in [0.3, 0.4) is 0 Å². The van der Waals surface area contributed by atoms with Crippen molar-refractivity contribution in [3.63, 3.8) is 0 Å². The second-order valence-corrected chi connectivity index (χ2v) is 7.46. The van der Waals surface area contributed by atoms with Crippen LogP contribution in [0, 0.1) is 10.1 Å². The molecule has 1 heterocycles. The van der Waals surface area contributed by atoms with Crippen molar-refractivity contribution in [1.82, 2.24) is 5.32 Å². The average molecular weight is 381 g/mol. The van der Waals surface area contributed by atoms with Crippen molar-refractivity contribution in [3.05, 3.63) is 69.1 Å². The standard InChI is InChI=1S/C19H15N3O4S/c23-18(20-13-4-5-13)11-2-1-3-14(8-11)21-19(24)17-10-12-9-15(22(25)26)6-7-16(12)27-17/h1-3,6-10,13H,4-5H2,(H,20,23)(H,21,24). The molecule has 1 aliphatic carbocycles. The molecule has 4 rings (SSSR count). The van der Waals surface area contributed by atoms with Crippen molar-refractivity contribution in [2.24, 2.45) is 0 Å². The number of hydrogen-bond acceptors (Lipinski definition) is 5. The van der Waals surface area contributed by atoms with Crippen molar-refractivity contribution in [2.45, 2.75) is 18.9 Å². The van der Waals surface area contributed by atoms with E-state index >= 15 is 0 Å². The third-order valence-electron chi connectivity index (χ3n) is 4.23. The van der Waals surface area contributed by atoms with Crippen molar-refractivity contribution in [1.29, 1.82) is 0 Å². The molecule has 136 valence electrons. The molecule has 1 fully saturated rings. The summed E-state index contributed by atoms with van der Waals surface area (Å²) in [4.78, 5) is 35.5. The number of nitrogens with one attached hydrogen (secondary N) is 2. The molecule has 27 heavy (non-hydrogen) atoms. The molecule has 2 N–H and O–H groups in total. The number of non-ortho nitro benzene ring substituents is 1. The predicted octanol–water partition coefficient (Wildman–Crippen LogP) is 3.95. The Kier molecular flexibility index (Phi) is 4.33. The summed E-state index contributed by atoms with van der Waals surface area (Å²) in [5.41, 5.74) is 1.00. The van der Waals surface area contributed by atoms with E-state index in [0.29, 0.717) is 21.5 Å². The second kappa shape index (κ2) is 6.81. The van der Waals surface area contributed by atoms with Crippen LogP contribution in [0.25, 0.3) is 10.1 Å². The van der Waals surface area contributed by atoms with Gasteiger partial charge in [-0.15, -0.1) is 11.3 Å². The fraction of sp³-hybridized carbons (Fsp3) is 0.158. The number of benzene rings is 2. The Morgan fingerprint density at radius 2 is 1.89 bits per heavy atom. The number of rotatable bonds is 5. The van der Waals surface area contributed by atoms with Gasteiger partial charge in [-0.25, -0.2) is 0 Å². The van der Waals surface area contributed by atoms with Gasteiger partial charge < -0.3 is 10.6 Å². The lowest BCUT2D eigenvalue weighted by molar-refractivity contribution is -0.384. The average Bonchev–Trinajstić information content (AvgIpc) is 3.35. The number of carbonyl (C=O) groups is 2. The number of fused-ring (bicyclic) bond motifs is 1. The molecular weight excluding hydrogens is 366 g/mol. The first-order chi connectivity index (χ1) is 13.0. The lowest BCUT2D eigenvalue weighted by Crippen LogP contribution is -2.25. The largest absolute Gasteiger partial charge is 0.349 e. The van der Waals surface area contributed by atoms with E-state index in [4.69, 9.17) is 0 Å². The van der Waals surface area contributed by atoms with Gasteiger partial charge in [-0.3, -0.25) is 19.7 Å². The van der Waals surface area contributed by atoms with Crippen LogP contribution in [0.15, 0.2) is 48.5 Å². The van der Waals surface area contributed by atoms with E-state index in [1.807, 2.05) is 0 Å². The minimum Gasteiger partial charge on any atom is -0.349 e. The van der Waals surface area contributed by atoms with E-state index in [2.05, 4.69) is 10.6 Å². The molecule has 1 saturated carbocycles. The molecule has 0 radical (unpaired) electrons. The highest BCUT2D eigenvalue weighted by Gasteiger charge is 2.24. The van der Waals surface area contributed by atoms with Gasteiger partial charge in [0.2, 0.25) is 0 Å². The molecule has 0 bridgehead atoms. The molecular formula is C19H15N3O4S. The number of nitro groups is 1. The summed E-state index contributed by atoms with van der Waals surface area (Å²) in [5.74, 6) is -0.471. The molecule has 0 spiro atoms. The maximum atomic E-state index is 12.5. The zero-order chi connectivity index (χ0) is 19.0. The van der Waals surface area contributed by atoms with Gasteiger partial charge in [0.05, 0.1) is 9.80 Å². The number of anilines is 1. The minimum absolute atomic E-state index is 0.0124. The van der Waals surface area contributed by atoms with Crippen LogP contribution in [0.5, 0.6) is 0 Å². The van der Waals surface area contributed by atoms with Crippen LogP contribution in [-0.2, 0) is 0 Å². The number of hydrogen-bond donors (Lipinski definition) is 2. The highest BCUT2D eigenvalue weighted by molar-refractivity contribution is 7.20. The Morgan fingerprint density at radius 3 is 2.63 bits per heavy atom. The maximum Gasteiger partial charge on any atom is 0.270 e. The summed E-state index contributed by atoms with van der Waals surface area (Å²) in [7, 11) is 0. The van der Waals surface area contributed by atoms with Crippen LogP contribution >= 0.6 is 11.3 Å². The first-order valence-electron chi connectivity index (χ1n) is 8.40. The Hall–Kier alpha value is -3.26. The molecule has 0 atom stereocenters. The van der Waals surface area contributed by atoms with Gasteiger partial charge in [-0.1, -0.05) is 6.07 Å². The highest BCUT2D eigenvalue weighted by atomic mass is 32.1. The molecule has 0 saturated heterocycles. The summed E-state index contributed by atoms with van der Waals surface area (Å²) < 4.78 is 0.795. The van der Waals surface area contributed by atoms with Gasteiger partial charge >= 0.3 is 0 Å². The Balaban J connectivity index is 1.52. The van der Waals surface area contributed by atoms with E-state index in [-0.39, 0.29) is 23.5 Å². The molecule has 3 aromatic rings. The number of nitro benzene ring substituents is 1. The van der Waals surface area contributed by atoms with Gasteiger partial charge in [0, 0.05) is 39.5 Å². The number of thiophene rings is 1. The van der Waals surface area contributed by atoms with Crippen molar-refractivity contribution < 1.29 is 14.5 Å². The van der Waals surface area contributed by atoms with Crippen molar-refractivity contribution in [3.8, 4) is 0 Å². The molecule has 8 heteroatoms. The zero-order valence-corrected chi connectivity index (χ0v) is 14.9. The lowest BCUT2D eigenvalue weighted by Gasteiger charge is -2.07. The Labute approximate surface area is 158 Å². The molecule has 1 aromatic heterocycles. The molecule has 2 amide bonds. The Bertz CT molecular complexity index is 1070. The van der Waals surface area contributed by atoms with Crippen LogP contribution in [0.2, 0.25) is 0 Å². The molecule has 1 aliphatic rings. The monoisotopic (exact) mass is 381 g/mol. The summed E-state index contributed by atoms with van der Waals surface area (Å²) in [6.07, 6.45) is 2.01. The fourth-order valence-corrected chi connectivity index (χ4v) is 3.62. The third-order valence-corrected chi connectivity index (χ3v) is 5.34. The van der Waals surface area contributed by atoms with Gasteiger partial charge in [0.15, 0.2) is 0 Å². The second-order valence-electron chi connectivity index (χ2n) is 6.37. The highest BCUT2D eigenvalue weighted by Crippen LogP contribution is 2.29. The number of carbonyl (C=O) groups excluding carboxylic acids is 2. The number of nitrogens with zero attached hydrogens (tertiary/aromatic N) is 1. The topological polar surface area (TPSA) is 101 Å². The predicted molar refractivity (Wildman–Crippen MR) is 103 cm³/mol. The summed E-state index contributed by atoms with van der Waals surface area (Å²) in [6, 6.07) is 13.2. The van der Waals surface area contributed by atoms with E-state index in [0.717, 1.165) is 17.5 Å². The van der Waals surface area contributed by atoms with Gasteiger partial charge in [-0.05, 0) is 43.2 Å². The van der Waals surface area contributed by atoms with E-state index < -0.39 is 4.92 Å². The van der Waals surface area contributed by atoms with Crippen LogP contribution in [-0.4, -0.2) is 22.8 Å². The Morgan fingerprint density at radius 1 is 1.07 bits per heavy atom. The number of amides is 2. The fourth-order valence-electron chi connectivity index (χ4n) is 2.68.